The Balaban J connectivity index is 0.000000696. The van der Waals surface area contributed by atoms with Crippen molar-refractivity contribution >= 4 is 18.0 Å². The van der Waals surface area contributed by atoms with Gasteiger partial charge in [0.2, 0.25) is 5.69 Å². The summed E-state index contributed by atoms with van der Waals surface area (Å²) < 4.78 is 52.5. The molecule has 0 aliphatic carbocycles. The van der Waals surface area contributed by atoms with Crippen LogP contribution < -0.4 is 14.0 Å². The number of aromatic nitrogens is 1. The van der Waals surface area contributed by atoms with Crippen molar-refractivity contribution in [2.24, 2.45) is 0 Å². The molecular weight excluding hydrogens is 433 g/mol. The second-order valence-corrected chi connectivity index (χ2v) is 8.62. The molecule has 0 radical (unpaired) electrons. The van der Waals surface area contributed by atoms with Crippen LogP contribution in [0.25, 0.3) is 16.5 Å². The van der Waals surface area contributed by atoms with Gasteiger partial charge in [-0.15, -0.1) is 0 Å². The number of benzene rings is 2. The Bertz CT molecular complexity index is 1120. The van der Waals surface area contributed by atoms with Gasteiger partial charge < -0.3 is 26.7 Å². The minimum absolute atomic E-state index is 0.438. The number of methoxy groups -OCH3 is 2. The van der Waals surface area contributed by atoms with E-state index in [2.05, 4.69) is 76.4 Å². The van der Waals surface area contributed by atoms with Crippen molar-refractivity contribution in [3.8, 4) is 17.2 Å². The molecular formula is C25H32BF4NO2. The van der Waals surface area contributed by atoms with Crippen molar-refractivity contribution in [1.82, 2.24) is 0 Å². The van der Waals surface area contributed by atoms with Crippen LogP contribution in [0.1, 0.15) is 62.0 Å². The molecule has 3 nitrogen and oxygen atoms in total. The summed E-state index contributed by atoms with van der Waals surface area (Å²) in [5.41, 5.74) is 6.36. The fraction of sp³-hybridized carbons (Fsp3) is 0.400. The average molecular weight is 465 g/mol. The maximum Gasteiger partial charge on any atom is 0.673 e. The van der Waals surface area contributed by atoms with Gasteiger partial charge in [0, 0.05) is 43.0 Å². The van der Waals surface area contributed by atoms with Gasteiger partial charge in [0.15, 0.2) is 11.4 Å². The van der Waals surface area contributed by atoms with Crippen LogP contribution in [-0.4, -0.2) is 21.5 Å². The first kappa shape index (κ1) is 26.5. The summed E-state index contributed by atoms with van der Waals surface area (Å²) in [6, 6.07) is 13.1. The van der Waals surface area contributed by atoms with E-state index in [1.807, 2.05) is 6.07 Å². The van der Waals surface area contributed by atoms with Crippen molar-refractivity contribution in [1.29, 1.82) is 0 Å². The summed E-state index contributed by atoms with van der Waals surface area (Å²) in [5, 5.41) is 2.25. The van der Waals surface area contributed by atoms with E-state index in [1.54, 1.807) is 14.2 Å². The molecule has 1 heterocycles. The lowest BCUT2D eigenvalue weighted by molar-refractivity contribution is -0.608. The first-order chi connectivity index (χ1) is 15.3. The highest BCUT2D eigenvalue weighted by molar-refractivity contribution is 6.50. The highest BCUT2D eigenvalue weighted by atomic mass is 19.5. The van der Waals surface area contributed by atoms with Crippen molar-refractivity contribution < 1.29 is 31.3 Å². The number of fused-ring (bicyclic) bond motifs is 1. The summed E-state index contributed by atoms with van der Waals surface area (Å²) in [7, 11) is -2.59. The standard InChI is InChI=1S/C25H32NO2.BF4/c1-15(2)19-9-10-23(22(13-19)16(3)4)26-17(5)11-20-12-21(27-7)14-24(28-8)25(20)18(26)6;2-1(3,4)5/h9-16H,1-8H3;/q+1;-1. The van der Waals surface area contributed by atoms with Gasteiger partial charge in [0.05, 0.1) is 19.6 Å². The van der Waals surface area contributed by atoms with E-state index in [9.17, 15) is 17.3 Å². The van der Waals surface area contributed by atoms with Crippen molar-refractivity contribution in [3.63, 3.8) is 0 Å². The summed E-state index contributed by atoms with van der Waals surface area (Å²) in [5.74, 6) is 2.60. The van der Waals surface area contributed by atoms with Gasteiger partial charge in [-0.1, -0.05) is 33.8 Å². The summed E-state index contributed by atoms with van der Waals surface area (Å²) in [4.78, 5) is 0. The third-order valence-corrected chi connectivity index (χ3v) is 5.56. The van der Waals surface area contributed by atoms with E-state index in [4.69, 9.17) is 9.47 Å². The van der Waals surface area contributed by atoms with Crippen molar-refractivity contribution in [2.75, 3.05) is 14.2 Å². The molecule has 0 N–H and O–H groups in total. The Labute approximate surface area is 193 Å². The van der Waals surface area contributed by atoms with Crippen LogP contribution in [0.4, 0.5) is 17.3 Å². The molecule has 0 aliphatic heterocycles. The third-order valence-electron chi connectivity index (χ3n) is 5.56. The molecule has 1 aromatic heterocycles. The van der Waals surface area contributed by atoms with Crippen molar-refractivity contribution in [2.45, 2.75) is 53.4 Å². The lowest BCUT2D eigenvalue weighted by Gasteiger charge is -2.16. The molecule has 3 rings (SSSR count). The molecule has 0 aliphatic rings. The molecule has 0 unspecified atom stereocenters. The van der Waals surface area contributed by atoms with Crippen LogP contribution in [0.2, 0.25) is 0 Å². The molecule has 0 saturated carbocycles. The molecule has 0 spiro atoms. The number of rotatable bonds is 5. The lowest BCUT2D eigenvalue weighted by Crippen LogP contribution is -2.39. The molecule has 180 valence electrons. The largest absolute Gasteiger partial charge is 0.673 e. The van der Waals surface area contributed by atoms with Gasteiger partial charge in [-0.3, -0.25) is 0 Å². The van der Waals surface area contributed by atoms with E-state index in [1.165, 1.54) is 28.2 Å². The second-order valence-electron chi connectivity index (χ2n) is 8.62. The average Bonchev–Trinajstić information content (AvgIpc) is 2.71. The van der Waals surface area contributed by atoms with Crippen molar-refractivity contribution in [3.05, 3.63) is 58.9 Å². The number of hydrogen-bond donors (Lipinski definition) is 0. The summed E-state index contributed by atoms with van der Waals surface area (Å²) >= 11 is 0. The highest BCUT2D eigenvalue weighted by Gasteiger charge is 2.25. The van der Waals surface area contributed by atoms with E-state index in [0.29, 0.717) is 11.8 Å². The molecule has 33 heavy (non-hydrogen) atoms. The molecule has 2 aromatic carbocycles. The Morgan fingerprint density at radius 1 is 0.818 bits per heavy atom. The van der Waals surface area contributed by atoms with Gasteiger partial charge in [-0.2, -0.15) is 4.57 Å². The number of nitrogens with zero attached hydrogens (tertiary/aromatic N) is 1. The minimum atomic E-state index is -6.00. The predicted molar refractivity (Wildman–Crippen MR) is 126 cm³/mol. The van der Waals surface area contributed by atoms with Crippen LogP contribution in [-0.2, 0) is 0 Å². The molecule has 0 atom stereocenters. The fourth-order valence-corrected chi connectivity index (χ4v) is 4.03. The van der Waals surface area contributed by atoms with E-state index in [-0.39, 0.29) is 0 Å². The number of pyridine rings is 1. The molecule has 8 heteroatoms. The maximum atomic E-state index is 9.75. The zero-order chi connectivity index (χ0) is 25.1. The molecule has 0 saturated heterocycles. The normalized spacial score (nSPS) is 11.6. The molecule has 0 amide bonds. The Hall–Kier alpha value is -2.77. The first-order valence-corrected chi connectivity index (χ1v) is 10.9. The maximum absolute atomic E-state index is 9.75. The molecule has 0 bridgehead atoms. The van der Waals surface area contributed by atoms with Crippen LogP contribution >= 0.6 is 0 Å². The topological polar surface area (TPSA) is 22.3 Å². The van der Waals surface area contributed by atoms with Crippen LogP contribution in [0, 0.1) is 13.8 Å². The Morgan fingerprint density at radius 2 is 1.42 bits per heavy atom. The van der Waals surface area contributed by atoms with E-state index < -0.39 is 7.25 Å². The lowest BCUT2D eigenvalue weighted by atomic mass is 9.93. The monoisotopic (exact) mass is 465 g/mol. The van der Waals surface area contributed by atoms with Gasteiger partial charge in [0.1, 0.15) is 11.5 Å². The zero-order valence-electron chi connectivity index (χ0n) is 20.5. The quantitative estimate of drug-likeness (QED) is 0.224. The van der Waals surface area contributed by atoms with Crippen LogP contribution in [0.3, 0.4) is 0 Å². The van der Waals surface area contributed by atoms with Gasteiger partial charge in [0.25, 0.3) is 0 Å². The number of ether oxygens (including phenoxy) is 2. The molecule has 0 fully saturated rings. The molecule has 3 aromatic rings. The zero-order valence-corrected chi connectivity index (χ0v) is 20.5. The predicted octanol–water partition coefficient (Wildman–Crippen LogP) is 7.30. The van der Waals surface area contributed by atoms with E-state index >= 15 is 0 Å². The van der Waals surface area contributed by atoms with Crippen LogP contribution in [0.15, 0.2) is 36.4 Å². The summed E-state index contributed by atoms with van der Waals surface area (Å²) in [6.07, 6.45) is 0. The smallest absolute Gasteiger partial charge is 0.497 e. The number of halogens is 4. The first-order valence-electron chi connectivity index (χ1n) is 10.9. The highest BCUT2D eigenvalue weighted by Crippen LogP contribution is 2.34. The number of hydrogen-bond acceptors (Lipinski definition) is 2. The van der Waals surface area contributed by atoms with Gasteiger partial charge in [-0.25, -0.2) is 0 Å². The SMILES string of the molecule is COc1cc(OC)c2c(C)[n+](-c3ccc(C(C)C)cc3C(C)C)c(C)cc2c1.F[B-](F)(F)F. The van der Waals surface area contributed by atoms with E-state index in [0.717, 1.165) is 22.3 Å². The summed E-state index contributed by atoms with van der Waals surface area (Å²) in [6.45, 7) is 13.4. The van der Waals surface area contributed by atoms with Gasteiger partial charge >= 0.3 is 7.25 Å². The Morgan fingerprint density at radius 3 is 1.91 bits per heavy atom. The minimum Gasteiger partial charge on any atom is -0.497 e. The van der Waals surface area contributed by atoms with Gasteiger partial charge in [-0.05, 0) is 29.5 Å². The number of aryl methyl sites for hydroxylation is 2. The fourth-order valence-electron chi connectivity index (χ4n) is 4.03. The van der Waals surface area contributed by atoms with Crippen LogP contribution in [0.5, 0.6) is 11.5 Å². The third kappa shape index (κ3) is 6.39. The second kappa shape index (κ2) is 10.4. The Kier molecular flexibility index (Phi) is 8.38.